The first kappa shape index (κ1) is 19.0. The Balaban J connectivity index is 1.44. The van der Waals surface area contributed by atoms with Crippen LogP contribution in [0.15, 0.2) is 48.5 Å². The molecular formula is C20H24N4O3. The van der Waals surface area contributed by atoms with Crippen LogP contribution >= 0.6 is 0 Å². The van der Waals surface area contributed by atoms with Crippen LogP contribution < -0.4 is 5.32 Å². The quantitative estimate of drug-likeness (QED) is 0.626. The summed E-state index contributed by atoms with van der Waals surface area (Å²) in [7, 11) is 0. The number of hydrogen-bond acceptors (Lipinski definition) is 5. The van der Waals surface area contributed by atoms with Gasteiger partial charge in [0, 0.05) is 50.5 Å². The molecule has 27 heavy (non-hydrogen) atoms. The first-order valence-electron chi connectivity index (χ1n) is 9.04. The number of nitro benzene ring substituents is 1. The van der Waals surface area contributed by atoms with E-state index in [-0.39, 0.29) is 11.6 Å². The fourth-order valence-corrected chi connectivity index (χ4v) is 3.16. The van der Waals surface area contributed by atoms with E-state index in [9.17, 15) is 14.9 Å². The highest BCUT2D eigenvalue weighted by Crippen LogP contribution is 2.17. The van der Waals surface area contributed by atoms with Gasteiger partial charge in [-0.15, -0.1) is 0 Å². The molecule has 142 valence electrons. The third-order valence-corrected chi connectivity index (χ3v) is 4.70. The van der Waals surface area contributed by atoms with Crippen LogP contribution in [-0.4, -0.2) is 53.4 Å². The molecule has 0 spiro atoms. The minimum atomic E-state index is -0.469. The van der Waals surface area contributed by atoms with Crippen molar-refractivity contribution >= 4 is 17.3 Å². The largest absolute Gasteiger partial charge is 0.325 e. The van der Waals surface area contributed by atoms with Gasteiger partial charge in [0.25, 0.3) is 5.69 Å². The van der Waals surface area contributed by atoms with Crippen LogP contribution in [0, 0.1) is 17.0 Å². The minimum Gasteiger partial charge on any atom is -0.325 e. The monoisotopic (exact) mass is 368 g/mol. The third kappa shape index (κ3) is 5.60. The molecule has 7 nitrogen and oxygen atoms in total. The lowest BCUT2D eigenvalue weighted by molar-refractivity contribution is -0.384. The predicted molar refractivity (Wildman–Crippen MR) is 105 cm³/mol. The predicted octanol–water partition coefficient (Wildman–Crippen LogP) is 2.66. The van der Waals surface area contributed by atoms with Gasteiger partial charge in [-0.3, -0.25) is 24.7 Å². The Labute approximate surface area is 158 Å². The van der Waals surface area contributed by atoms with Gasteiger partial charge in [0.05, 0.1) is 11.5 Å². The van der Waals surface area contributed by atoms with Gasteiger partial charge in [0.1, 0.15) is 0 Å². The number of carbonyl (C=O) groups excluding carboxylic acids is 1. The van der Waals surface area contributed by atoms with E-state index in [1.54, 1.807) is 12.1 Å². The molecule has 1 aliphatic rings. The van der Waals surface area contributed by atoms with E-state index in [4.69, 9.17) is 0 Å². The molecule has 1 aliphatic heterocycles. The van der Waals surface area contributed by atoms with Crippen molar-refractivity contribution in [1.82, 2.24) is 9.80 Å². The van der Waals surface area contributed by atoms with Crippen molar-refractivity contribution < 1.29 is 9.72 Å². The SMILES string of the molecule is Cc1ccc(CN2CCN(CC(=O)Nc3cccc([N+](=O)[O-])c3)CC2)cc1. The van der Waals surface area contributed by atoms with Crippen LogP contribution in [-0.2, 0) is 11.3 Å². The van der Waals surface area contributed by atoms with Crippen LogP contribution in [0.4, 0.5) is 11.4 Å². The summed E-state index contributed by atoms with van der Waals surface area (Å²) in [5.41, 5.74) is 2.99. The third-order valence-electron chi connectivity index (χ3n) is 4.70. The van der Waals surface area contributed by atoms with Crippen molar-refractivity contribution in [3.8, 4) is 0 Å². The number of benzene rings is 2. The van der Waals surface area contributed by atoms with Crippen LogP contribution in [0.2, 0.25) is 0 Å². The average molecular weight is 368 g/mol. The second-order valence-corrected chi connectivity index (χ2v) is 6.89. The van der Waals surface area contributed by atoms with Gasteiger partial charge in [-0.1, -0.05) is 35.9 Å². The number of carbonyl (C=O) groups is 1. The molecule has 1 N–H and O–H groups in total. The number of piperazine rings is 1. The molecular weight excluding hydrogens is 344 g/mol. The number of aryl methyl sites for hydroxylation is 1. The Morgan fingerprint density at radius 1 is 1.07 bits per heavy atom. The number of hydrogen-bond donors (Lipinski definition) is 1. The summed E-state index contributed by atoms with van der Waals surface area (Å²) in [6.07, 6.45) is 0. The Kier molecular flexibility index (Phi) is 6.16. The van der Waals surface area contributed by atoms with Crippen LogP contribution in [0.5, 0.6) is 0 Å². The van der Waals surface area contributed by atoms with Gasteiger partial charge in [-0.25, -0.2) is 0 Å². The topological polar surface area (TPSA) is 78.7 Å². The first-order chi connectivity index (χ1) is 13.0. The summed E-state index contributed by atoms with van der Waals surface area (Å²) in [5, 5.41) is 13.6. The standard InChI is InChI=1S/C20H24N4O3/c1-16-5-7-17(8-6-16)14-22-9-11-23(12-10-22)15-20(25)21-18-3-2-4-19(13-18)24(26)27/h2-8,13H,9-12,14-15H2,1H3,(H,21,25). The fourth-order valence-electron chi connectivity index (χ4n) is 3.16. The maximum Gasteiger partial charge on any atom is 0.271 e. The van der Waals surface area contributed by atoms with Crippen molar-refractivity contribution in [1.29, 1.82) is 0 Å². The number of rotatable bonds is 6. The van der Waals surface area contributed by atoms with Crippen LogP contribution in [0.1, 0.15) is 11.1 Å². The highest BCUT2D eigenvalue weighted by atomic mass is 16.6. The summed E-state index contributed by atoms with van der Waals surface area (Å²) in [5.74, 6) is -0.150. The molecule has 0 aromatic heterocycles. The molecule has 0 radical (unpaired) electrons. The highest BCUT2D eigenvalue weighted by Gasteiger charge is 2.19. The average Bonchev–Trinajstić information content (AvgIpc) is 2.65. The molecule has 0 aliphatic carbocycles. The van der Waals surface area contributed by atoms with E-state index in [1.165, 1.54) is 23.3 Å². The lowest BCUT2D eigenvalue weighted by Crippen LogP contribution is -2.48. The zero-order valence-corrected chi connectivity index (χ0v) is 15.4. The number of non-ortho nitro benzene ring substituents is 1. The van der Waals surface area contributed by atoms with E-state index in [1.807, 2.05) is 0 Å². The summed E-state index contributed by atoms with van der Waals surface area (Å²) in [6.45, 7) is 6.79. The lowest BCUT2D eigenvalue weighted by atomic mass is 10.1. The molecule has 2 aromatic rings. The van der Waals surface area contributed by atoms with Gasteiger partial charge >= 0.3 is 0 Å². The molecule has 1 amide bonds. The molecule has 1 fully saturated rings. The smallest absolute Gasteiger partial charge is 0.271 e. The van der Waals surface area contributed by atoms with Crippen molar-refractivity contribution in [3.63, 3.8) is 0 Å². The van der Waals surface area contributed by atoms with Crippen LogP contribution in [0.3, 0.4) is 0 Å². The Hall–Kier alpha value is -2.77. The van der Waals surface area contributed by atoms with E-state index in [2.05, 4.69) is 46.3 Å². The van der Waals surface area contributed by atoms with Crippen molar-refractivity contribution in [2.75, 3.05) is 38.0 Å². The molecule has 0 unspecified atom stereocenters. The summed E-state index contributed by atoms with van der Waals surface area (Å²) in [6, 6.07) is 14.6. The second kappa shape index (κ2) is 8.75. The highest BCUT2D eigenvalue weighted by molar-refractivity contribution is 5.92. The molecule has 1 heterocycles. The number of amides is 1. The van der Waals surface area contributed by atoms with Crippen molar-refractivity contribution in [2.45, 2.75) is 13.5 Å². The molecule has 0 bridgehead atoms. The fraction of sp³-hybridized carbons (Fsp3) is 0.350. The maximum absolute atomic E-state index is 12.2. The molecule has 3 rings (SSSR count). The van der Waals surface area contributed by atoms with Gasteiger partial charge < -0.3 is 5.32 Å². The summed E-state index contributed by atoms with van der Waals surface area (Å²) < 4.78 is 0. The van der Waals surface area contributed by atoms with E-state index >= 15 is 0 Å². The van der Waals surface area contributed by atoms with Gasteiger partial charge in [-0.05, 0) is 18.6 Å². The van der Waals surface area contributed by atoms with Gasteiger partial charge in [0.2, 0.25) is 5.91 Å². The number of nitrogens with zero attached hydrogens (tertiary/aromatic N) is 3. The zero-order valence-electron chi connectivity index (χ0n) is 15.4. The van der Waals surface area contributed by atoms with Gasteiger partial charge in [-0.2, -0.15) is 0 Å². The Morgan fingerprint density at radius 2 is 1.74 bits per heavy atom. The van der Waals surface area contributed by atoms with E-state index in [0.717, 1.165) is 32.7 Å². The maximum atomic E-state index is 12.2. The summed E-state index contributed by atoms with van der Waals surface area (Å²) >= 11 is 0. The normalized spacial score (nSPS) is 15.4. The number of nitro groups is 1. The lowest BCUT2D eigenvalue weighted by Gasteiger charge is -2.34. The Bertz CT molecular complexity index is 799. The second-order valence-electron chi connectivity index (χ2n) is 6.89. The van der Waals surface area contributed by atoms with Crippen LogP contribution in [0.25, 0.3) is 0 Å². The van der Waals surface area contributed by atoms with Crippen molar-refractivity contribution in [3.05, 3.63) is 69.8 Å². The molecule has 0 saturated carbocycles. The molecule has 2 aromatic carbocycles. The summed E-state index contributed by atoms with van der Waals surface area (Å²) in [4.78, 5) is 27.1. The zero-order chi connectivity index (χ0) is 19.2. The Morgan fingerprint density at radius 3 is 2.41 bits per heavy atom. The molecule has 7 heteroatoms. The number of anilines is 1. The molecule has 0 atom stereocenters. The molecule has 1 saturated heterocycles. The first-order valence-corrected chi connectivity index (χ1v) is 9.04. The number of nitrogens with one attached hydrogen (secondary N) is 1. The van der Waals surface area contributed by atoms with E-state index in [0.29, 0.717) is 12.2 Å². The minimum absolute atomic E-state index is 0.0301. The van der Waals surface area contributed by atoms with Gasteiger partial charge in [0.15, 0.2) is 0 Å². The van der Waals surface area contributed by atoms with Crippen molar-refractivity contribution in [2.24, 2.45) is 0 Å². The van der Waals surface area contributed by atoms with E-state index < -0.39 is 4.92 Å².